The molecular weight excluding hydrogens is 204 g/mol. The van der Waals surface area contributed by atoms with Crippen LogP contribution in [0.1, 0.15) is 24.2 Å². The lowest BCUT2D eigenvalue weighted by Crippen LogP contribution is -2.33. The highest BCUT2D eigenvalue weighted by Crippen LogP contribution is 2.22. The van der Waals surface area contributed by atoms with Crippen LogP contribution in [-0.4, -0.2) is 31.0 Å². The van der Waals surface area contributed by atoms with Crippen LogP contribution in [0.2, 0.25) is 0 Å². The fourth-order valence-corrected chi connectivity index (χ4v) is 1.90. The Hall–Kier alpha value is -0.900. The maximum atomic E-state index is 10.2. The van der Waals surface area contributed by atoms with Crippen LogP contribution in [0.25, 0.3) is 0 Å². The van der Waals surface area contributed by atoms with Crippen LogP contribution in [0.3, 0.4) is 0 Å². The Balaban J connectivity index is 2.09. The van der Waals surface area contributed by atoms with Gasteiger partial charge in [0.15, 0.2) is 0 Å². The predicted molar refractivity (Wildman–Crippen MR) is 61.3 cm³/mol. The SMILES string of the molecule is CCc1cccc(C(O)C2COCCO2)c1. The monoisotopic (exact) mass is 222 g/mol. The van der Waals surface area contributed by atoms with Crippen LogP contribution >= 0.6 is 0 Å². The van der Waals surface area contributed by atoms with Gasteiger partial charge < -0.3 is 14.6 Å². The molecule has 3 nitrogen and oxygen atoms in total. The fourth-order valence-electron chi connectivity index (χ4n) is 1.90. The van der Waals surface area contributed by atoms with E-state index in [0.717, 1.165) is 12.0 Å². The van der Waals surface area contributed by atoms with Crippen molar-refractivity contribution in [3.05, 3.63) is 35.4 Å². The average molecular weight is 222 g/mol. The maximum absolute atomic E-state index is 10.2. The first-order valence-electron chi connectivity index (χ1n) is 5.77. The first-order chi connectivity index (χ1) is 7.81. The van der Waals surface area contributed by atoms with Crippen molar-refractivity contribution in [1.29, 1.82) is 0 Å². The molecule has 88 valence electrons. The van der Waals surface area contributed by atoms with Crippen molar-refractivity contribution in [2.24, 2.45) is 0 Å². The number of hydrogen-bond donors (Lipinski definition) is 1. The summed E-state index contributed by atoms with van der Waals surface area (Å²) in [6, 6.07) is 8.00. The minimum atomic E-state index is -0.591. The summed E-state index contributed by atoms with van der Waals surface area (Å²) < 4.78 is 10.8. The van der Waals surface area contributed by atoms with Gasteiger partial charge in [-0.15, -0.1) is 0 Å². The third-order valence-electron chi connectivity index (χ3n) is 2.89. The summed E-state index contributed by atoms with van der Waals surface area (Å²) in [5, 5.41) is 10.2. The van der Waals surface area contributed by atoms with E-state index in [1.807, 2.05) is 18.2 Å². The number of aryl methyl sites for hydroxylation is 1. The topological polar surface area (TPSA) is 38.7 Å². The molecule has 2 atom stereocenters. The molecule has 0 radical (unpaired) electrons. The molecule has 2 rings (SSSR count). The minimum absolute atomic E-state index is 0.235. The van der Waals surface area contributed by atoms with E-state index in [9.17, 15) is 5.11 Å². The number of aliphatic hydroxyl groups excluding tert-OH is 1. The van der Waals surface area contributed by atoms with E-state index in [0.29, 0.717) is 19.8 Å². The molecule has 3 heteroatoms. The maximum Gasteiger partial charge on any atom is 0.111 e. The Morgan fingerprint density at radius 1 is 1.44 bits per heavy atom. The van der Waals surface area contributed by atoms with Crippen LogP contribution in [0.15, 0.2) is 24.3 Å². The Kier molecular flexibility index (Phi) is 3.93. The fraction of sp³-hybridized carbons (Fsp3) is 0.538. The summed E-state index contributed by atoms with van der Waals surface area (Å²) in [6.45, 7) is 3.76. The first-order valence-corrected chi connectivity index (χ1v) is 5.77. The highest BCUT2D eigenvalue weighted by molar-refractivity contribution is 5.25. The molecule has 1 N–H and O–H groups in total. The van der Waals surface area contributed by atoms with E-state index >= 15 is 0 Å². The molecule has 0 bridgehead atoms. The van der Waals surface area contributed by atoms with Crippen LogP contribution in [0.5, 0.6) is 0 Å². The molecule has 1 heterocycles. The van der Waals surface area contributed by atoms with Crippen molar-refractivity contribution in [3.63, 3.8) is 0 Å². The van der Waals surface area contributed by atoms with Crippen molar-refractivity contribution in [2.75, 3.05) is 19.8 Å². The van der Waals surface area contributed by atoms with Gasteiger partial charge >= 0.3 is 0 Å². The standard InChI is InChI=1S/C13H18O3/c1-2-10-4-3-5-11(8-10)13(14)12-9-15-6-7-16-12/h3-5,8,12-14H,2,6-7,9H2,1H3. The molecule has 0 amide bonds. The Bertz CT molecular complexity index is 332. The Morgan fingerprint density at radius 2 is 2.31 bits per heavy atom. The smallest absolute Gasteiger partial charge is 0.111 e. The van der Waals surface area contributed by atoms with Crippen LogP contribution in [0.4, 0.5) is 0 Å². The Morgan fingerprint density at radius 3 is 3.00 bits per heavy atom. The highest BCUT2D eigenvalue weighted by atomic mass is 16.6. The highest BCUT2D eigenvalue weighted by Gasteiger charge is 2.24. The van der Waals surface area contributed by atoms with E-state index in [4.69, 9.17) is 9.47 Å². The minimum Gasteiger partial charge on any atom is -0.386 e. The summed E-state index contributed by atoms with van der Waals surface area (Å²) in [5.41, 5.74) is 2.14. The largest absolute Gasteiger partial charge is 0.386 e. The van der Waals surface area contributed by atoms with E-state index in [1.54, 1.807) is 0 Å². The second kappa shape index (κ2) is 5.43. The molecule has 0 aromatic heterocycles. The van der Waals surface area contributed by atoms with Gasteiger partial charge in [0.05, 0.1) is 19.8 Å². The van der Waals surface area contributed by atoms with Gasteiger partial charge in [-0.25, -0.2) is 0 Å². The van der Waals surface area contributed by atoms with Gasteiger partial charge in [-0.1, -0.05) is 31.2 Å². The van der Waals surface area contributed by atoms with Crippen LogP contribution in [0, 0.1) is 0 Å². The Labute approximate surface area is 96.0 Å². The molecular formula is C13H18O3. The molecule has 1 fully saturated rings. The summed E-state index contributed by atoms with van der Waals surface area (Å²) >= 11 is 0. The predicted octanol–water partition coefficient (Wildman–Crippen LogP) is 1.70. The summed E-state index contributed by atoms with van der Waals surface area (Å²) in [4.78, 5) is 0. The quantitative estimate of drug-likeness (QED) is 0.846. The van der Waals surface area contributed by atoms with Gasteiger partial charge in [0.1, 0.15) is 12.2 Å². The van der Waals surface area contributed by atoms with Gasteiger partial charge in [-0.05, 0) is 17.5 Å². The summed E-state index contributed by atoms with van der Waals surface area (Å²) in [7, 11) is 0. The number of rotatable bonds is 3. The van der Waals surface area contributed by atoms with E-state index in [-0.39, 0.29) is 6.10 Å². The third-order valence-corrected chi connectivity index (χ3v) is 2.89. The first kappa shape index (κ1) is 11.6. The molecule has 1 aromatic carbocycles. The lowest BCUT2D eigenvalue weighted by Gasteiger charge is -2.27. The molecule has 1 aromatic rings. The molecule has 1 aliphatic heterocycles. The van der Waals surface area contributed by atoms with Crippen molar-refractivity contribution >= 4 is 0 Å². The summed E-state index contributed by atoms with van der Waals surface area (Å²) in [5.74, 6) is 0. The van der Waals surface area contributed by atoms with Crippen molar-refractivity contribution in [1.82, 2.24) is 0 Å². The van der Waals surface area contributed by atoms with Crippen molar-refractivity contribution in [3.8, 4) is 0 Å². The van der Waals surface area contributed by atoms with Gasteiger partial charge in [-0.2, -0.15) is 0 Å². The molecule has 1 saturated heterocycles. The number of aliphatic hydroxyl groups is 1. The van der Waals surface area contributed by atoms with E-state index in [2.05, 4.69) is 13.0 Å². The van der Waals surface area contributed by atoms with Crippen molar-refractivity contribution < 1.29 is 14.6 Å². The van der Waals surface area contributed by atoms with Gasteiger partial charge in [0.25, 0.3) is 0 Å². The van der Waals surface area contributed by atoms with Gasteiger partial charge in [-0.3, -0.25) is 0 Å². The number of hydrogen-bond acceptors (Lipinski definition) is 3. The second-order valence-electron chi connectivity index (χ2n) is 4.03. The zero-order valence-corrected chi connectivity index (χ0v) is 9.56. The third kappa shape index (κ3) is 2.61. The lowest BCUT2D eigenvalue weighted by molar-refractivity contribution is -0.133. The number of ether oxygens (including phenoxy) is 2. The molecule has 0 spiro atoms. The second-order valence-corrected chi connectivity index (χ2v) is 4.03. The molecule has 1 aliphatic rings. The van der Waals surface area contributed by atoms with Gasteiger partial charge in [0.2, 0.25) is 0 Å². The molecule has 2 unspecified atom stereocenters. The lowest BCUT2D eigenvalue weighted by atomic mass is 10.0. The molecule has 0 saturated carbocycles. The van der Waals surface area contributed by atoms with Gasteiger partial charge in [0, 0.05) is 0 Å². The average Bonchev–Trinajstić information content (AvgIpc) is 2.39. The zero-order valence-electron chi connectivity index (χ0n) is 9.56. The van der Waals surface area contributed by atoms with E-state index in [1.165, 1.54) is 5.56 Å². The number of benzene rings is 1. The summed E-state index contributed by atoms with van der Waals surface area (Å²) in [6.07, 6.45) is 0.149. The van der Waals surface area contributed by atoms with E-state index < -0.39 is 6.10 Å². The zero-order chi connectivity index (χ0) is 11.4. The molecule has 0 aliphatic carbocycles. The van der Waals surface area contributed by atoms with Crippen LogP contribution in [-0.2, 0) is 15.9 Å². The van der Waals surface area contributed by atoms with Crippen molar-refractivity contribution in [2.45, 2.75) is 25.6 Å². The molecule has 16 heavy (non-hydrogen) atoms. The normalized spacial score (nSPS) is 23.0. The van der Waals surface area contributed by atoms with Crippen LogP contribution < -0.4 is 0 Å².